The standard InChI is InChI=1S/C33H36ClF3N4OS2.C14H22N2S.C3H5Cl/c1-32(2)14-13-28(22-3-7-25(34)8-4-22)24(20-32)21-40-15-17-41(18-16-40)26-9-5-23(6-10-26)31(42)39-44-27-11-12-29(38)30(19-27)43-33(35,36)37;1-2-6-14(7-3-1)17-13-5-4-10-16-11-8-15-9-12-16;1-3(2)4/h3-12,19H,13-18,20-21,38H2,1-2H3,(H,39,42);1-3,6-7,15H,4-5,8-13H2;1H2,2H3. The molecular formula is C50H63Cl2F3N6OS3. The molecule has 1 aliphatic carbocycles. The molecule has 0 saturated carbocycles. The van der Waals surface area contributed by atoms with E-state index in [2.05, 4.69) is 87.6 Å². The number of nitrogen functional groups attached to an aromatic ring is 1. The second kappa shape index (κ2) is 26.3. The van der Waals surface area contributed by atoms with E-state index in [-0.39, 0.29) is 28.3 Å². The first-order valence-electron chi connectivity index (χ1n) is 22.1. The van der Waals surface area contributed by atoms with Crippen LogP contribution in [0.2, 0.25) is 5.02 Å². The van der Waals surface area contributed by atoms with Crippen LogP contribution in [0.1, 0.15) is 68.8 Å². The van der Waals surface area contributed by atoms with Gasteiger partial charge in [-0.15, -0.1) is 11.8 Å². The topological polar surface area (TPSA) is 76.9 Å². The zero-order valence-electron chi connectivity index (χ0n) is 37.7. The number of anilines is 2. The van der Waals surface area contributed by atoms with Crippen LogP contribution in [0.5, 0.6) is 0 Å². The van der Waals surface area contributed by atoms with E-state index in [9.17, 15) is 18.0 Å². The number of carbonyl (C=O) groups excluding carboxylic acids is 1. The number of rotatable bonds is 14. The molecule has 0 spiro atoms. The van der Waals surface area contributed by atoms with Crippen molar-refractivity contribution in [3.8, 4) is 0 Å². The van der Waals surface area contributed by atoms with Gasteiger partial charge in [-0.2, -0.15) is 13.2 Å². The Kier molecular flexibility index (Phi) is 21.3. The molecule has 0 bridgehead atoms. The van der Waals surface area contributed by atoms with Crippen molar-refractivity contribution in [1.29, 1.82) is 0 Å². The number of piperazine rings is 2. The normalized spacial score (nSPS) is 16.8. The Hall–Kier alpha value is -3.27. The smallest absolute Gasteiger partial charge is 0.398 e. The fourth-order valence-corrected chi connectivity index (χ4v) is 10.3. The summed E-state index contributed by atoms with van der Waals surface area (Å²) < 4.78 is 41.1. The number of unbranched alkanes of at least 4 members (excludes halogenated alkanes) is 1. The molecule has 4 N–H and O–H groups in total. The van der Waals surface area contributed by atoms with Crippen molar-refractivity contribution in [1.82, 2.24) is 19.8 Å². The van der Waals surface area contributed by atoms with Gasteiger partial charge in [0.25, 0.3) is 5.91 Å². The maximum Gasteiger partial charge on any atom is 0.446 e. The molecule has 0 aromatic heterocycles. The van der Waals surface area contributed by atoms with Gasteiger partial charge in [0.15, 0.2) is 0 Å². The number of hydrogen-bond donors (Lipinski definition) is 3. The van der Waals surface area contributed by atoms with E-state index in [1.54, 1.807) is 25.1 Å². The second-order valence-corrected chi connectivity index (χ2v) is 21.4. The summed E-state index contributed by atoms with van der Waals surface area (Å²) in [5.41, 5.74) is 7.37. The number of thioether (sulfide) groups is 2. The summed E-state index contributed by atoms with van der Waals surface area (Å²) in [5, 5.41) is 4.79. The number of hydrogen-bond acceptors (Lipinski definition) is 9. The zero-order chi connectivity index (χ0) is 46.8. The molecule has 65 heavy (non-hydrogen) atoms. The van der Waals surface area contributed by atoms with Crippen molar-refractivity contribution < 1.29 is 18.0 Å². The number of amides is 1. The highest BCUT2D eigenvalue weighted by molar-refractivity contribution is 8.00. The summed E-state index contributed by atoms with van der Waals surface area (Å²) in [5.74, 6) is 0.921. The summed E-state index contributed by atoms with van der Waals surface area (Å²) in [6.07, 6.45) is 6.02. The Morgan fingerprint density at radius 1 is 0.877 bits per heavy atom. The van der Waals surface area contributed by atoms with Crippen LogP contribution in [-0.2, 0) is 0 Å². The molecule has 7 rings (SSSR count). The molecular weight excluding hydrogens is 925 g/mol. The predicted octanol–water partition coefficient (Wildman–Crippen LogP) is 13.0. The molecule has 0 atom stereocenters. The molecule has 1 amide bonds. The van der Waals surface area contributed by atoms with Crippen molar-refractivity contribution in [3.63, 3.8) is 0 Å². The third kappa shape index (κ3) is 19.1. The predicted molar refractivity (Wildman–Crippen MR) is 274 cm³/mol. The zero-order valence-corrected chi connectivity index (χ0v) is 41.7. The van der Waals surface area contributed by atoms with E-state index in [0.29, 0.717) is 20.9 Å². The lowest BCUT2D eigenvalue weighted by Crippen LogP contribution is -2.47. The summed E-state index contributed by atoms with van der Waals surface area (Å²) in [6, 6.07) is 30.7. The quantitative estimate of drug-likeness (QED) is 0.0496. The van der Waals surface area contributed by atoms with Crippen LogP contribution in [0.3, 0.4) is 0 Å². The molecule has 4 aromatic carbocycles. The van der Waals surface area contributed by atoms with E-state index < -0.39 is 5.51 Å². The second-order valence-electron chi connectivity index (χ2n) is 17.2. The number of allylic oxidation sites excluding steroid dienone is 2. The summed E-state index contributed by atoms with van der Waals surface area (Å²) in [6.45, 7) is 20.5. The Bertz CT molecular complexity index is 2120. The van der Waals surface area contributed by atoms with Crippen LogP contribution in [0.15, 0.2) is 129 Å². The Balaban J connectivity index is 0.000000312. The largest absolute Gasteiger partial charge is 0.446 e. The number of nitrogens with two attached hydrogens (primary N) is 1. The lowest BCUT2D eigenvalue weighted by Gasteiger charge is -2.39. The van der Waals surface area contributed by atoms with Crippen LogP contribution in [0.25, 0.3) is 5.57 Å². The highest BCUT2D eigenvalue weighted by atomic mass is 35.5. The van der Waals surface area contributed by atoms with Gasteiger partial charge in [-0.3, -0.25) is 14.4 Å². The van der Waals surface area contributed by atoms with Gasteiger partial charge in [-0.25, -0.2) is 0 Å². The molecule has 352 valence electrons. The van der Waals surface area contributed by atoms with E-state index in [1.807, 2.05) is 36.0 Å². The summed E-state index contributed by atoms with van der Waals surface area (Å²) in [7, 11) is 0. The first kappa shape index (κ1) is 52.7. The maximum absolute atomic E-state index is 12.8. The lowest BCUT2D eigenvalue weighted by molar-refractivity contribution is -0.0328. The van der Waals surface area contributed by atoms with Gasteiger partial charge < -0.3 is 20.9 Å². The van der Waals surface area contributed by atoms with Gasteiger partial charge in [0, 0.05) is 101 Å². The molecule has 0 unspecified atom stereocenters. The van der Waals surface area contributed by atoms with E-state index >= 15 is 0 Å². The third-order valence-corrected chi connectivity index (χ3v) is 14.1. The Labute approximate surface area is 407 Å². The average molecular weight is 988 g/mol. The number of alkyl halides is 3. The van der Waals surface area contributed by atoms with Crippen LogP contribution in [0, 0.1) is 5.41 Å². The number of nitrogens with zero attached hydrogens (tertiary/aromatic N) is 3. The Morgan fingerprint density at radius 2 is 1.54 bits per heavy atom. The fraction of sp³-hybridized carbons (Fsp3) is 0.420. The highest BCUT2D eigenvalue weighted by Gasteiger charge is 2.31. The fourth-order valence-electron chi connectivity index (χ4n) is 7.86. The van der Waals surface area contributed by atoms with Crippen molar-refractivity contribution in [2.45, 2.75) is 73.1 Å². The number of carbonyl (C=O) groups is 1. The van der Waals surface area contributed by atoms with E-state index in [0.717, 1.165) is 68.2 Å². The monoisotopic (exact) mass is 986 g/mol. The van der Waals surface area contributed by atoms with E-state index in [4.69, 9.17) is 28.9 Å². The van der Waals surface area contributed by atoms with Crippen LogP contribution in [0.4, 0.5) is 24.5 Å². The molecule has 2 fully saturated rings. The minimum absolute atomic E-state index is 0.0390. The minimum Gasteiger partial charge on any atom is -0.398 e. The van der Waals surface area contributed by atoms with Crippen LogP contribution in [-0.4, -0.2) is 92.4 Å². The van der Waals surface area contributed by atoms with Gasteiger partial charge >= 0.3 is 5.51 Å². The van der Waals surface area contributed by atoms with Crippen LogP contribution >= 0.6 is 58.7 Å². The van der Waals surface area contributed by atoms with Gasteiger partial charge in [-0.1, -0.05) is 79.5 Å². The molecule has 3 aliphatic rings. The van der Waals surface area contributed by atoms with Crippen molar-refractivity contribution in [2.75, 3.05) is 81.8 Å². The van der Waals surface area contributed by atoms with Crippen LogP contribution < -0.4 is 20.7 Å². The minimum atomic E-state index is -4.44. The average Bonchev–Trinajstić information content (AvgIpc) is 3.27. The number of benzene rings is 4. The number of nitrogens with one attached hydrogen (secondary N) is 2. The van der Waals surface area contributed by atoms with Gasteiger partial charge in [-0.05, 0) is 158 Å². The maximum atomic E-state index is 12.8. The first-order chi connectivity index (χ1) is 31.0. The first-order valence-corrected chi connectivity index (χ1v) is 25.5. The third-order valence-electron chi connectivity index (χ3n) is 11.2. The Morgan fingerprint density at radius 3 is 2.18 bits per heavy atom. The van der Waals surface area contributed by atoms with Crippen molar-refractivity contribution in [3.05, 3.63) is 130 Å². The SMILES string of the molecule is C=C(C)Cl.CC1(C)CCC(c2ccc(Cl)cc2)=C(CN2CCN(c3ccc(C(=O)NSc4ccc(N)c(SC(F)(F)F)c4)cc3)CC2)C1.c1ccc(SCCCCN2CCNCC2)cc1. The number of halogens is 5. The molecule has 15 heteroatoms. The van der Waals surface area contributed by atoms with Crippen molar-refractivity contribution in [2.24, 2.45) is 5.41 Å². The highest BCUT2D eigenvalue weighted by Crippen LogP contribution is 2.43. The van der Waals surface area contributed by atoms with Crippen molar-refractivity contribution >= 4 is 81.5 Å². The molecule has 2 saturated heterocycles. The molecule has 7 nitrogen and oxygen atoms in total. The molecule has 2 aliphatic heterocycles. The molecule has 2 heterocycles. The molecule has 0 radical (unpaired) electrons. The van der Waals surface area contributed by atoms with E-state index in [1.165, 1.54) is 91.5 Å². The van der Waals surface area contributed by atoms with Gasteiger partial charge in [0.2, 0.25) is 0 Å². The summed E-state index contributed by atoms with van der Waals surface area (Å²) in [4.78, 5) is 21.9. The van der Waals surface area contributed by atoms with Gasteiger partial charge in [0.1, 0.15) is 0 Å². The lowest BCUT2D eigenvalue weighted by atomic mass is 9.73. The van der Waals surface area contributed by atoms with Gasteiger partial charge in [0.05, 0.1) is 0 Å². The molecule has 4 aromatic rings. The summed E-state index contributed by atoms with van der Waals surface area (Å²) >= 11 is 13.9.